The molecule has 3 N–H and O–H groups in total. The molecule has 0 spiro atoms. The Bertz CT molecular complexity index is 363. The number of aromatic nitrogens is 2. The highest BCUT2D eigenvalue weighted by Gasteiger charge is 2.16. The average molecular weight is 241 g/mol. The molecule has 0 saturated carbocycles. The lowest BCUT2D eigenvalue weighted by Gasteiger charge is -2.18. The second-order valence-electron chi connectivity index (χ2n) is 4.44. The Hall–Kier alpha value is -1.43. The Balaban J connectivity index is 2.50. The van der Waals surface area contributed by atoms with Gasteiger partial charge in [0, 0.05) is 6.42 Å². The topological polar surface area (TPSA) is 102 Å². The molecule has 1 rings (SSSR count). The lowest BCUT2D eigenvalue weighted by atomic mass is 9.88. The van der Waals surface area contributed by atoms with Crippen LogP contribution in [0.25, 0.3) is 0 Å². The first-order chi connectivity index (χ1) is 8.04. The van der Waals surface area contributed by atoms with Crippen LogP contribution < -0.4 is 5.73 Å². The number of hydrogen-bond donors (Lipinski definition) is 2. The highest BCUT2D eigenvalue weighted by atomic mass is 16.5. The average Bonchev–Trinajstić information content (AvgIpc) is 2.72. The number of rotatable bonds is 7. The van der Waals surface area contributed by atoms with Gasteiger partial charge in [-0.05, 0) is 36.4 Å². The van der Waals surface area contributed by atoms with Gasteiger partial charge < -0.3 is 15.4 Å². The fraction of sp³-hybridized carbons (Fsp3) is 0.727. The molecule has 0 aromatic carbocycles. The molecular weight excluding hydrogens is 222 g/mol. The molecule has 0 saturated heterocycles. The minimum absolute atomic E-state index is 0.278. The maximum Gasteiger partial charge on any atom is 0.377 e. The van der Waals surface area contributed by atoms with Gasteiger partial charge in [0.25, 0.3) is 5.82 Å². The fourth-order valence-corrected chi connectivity index (χ4v) is 1.78. The molecule has 6 heteroatoms. The zero-order chi connectivity index (χ0) is 12.8. The first kappa shape index (κ1) is 13.6. The van der Waals surface area contributed by atoms with Gasteiger partial charge in [0.15, 0.2) is 0 Å². The number of carbonyl (C=O) groups is 1. The van der Waals surface area contributed by atoms with Crippen molar-refractivity contribution in [3.63, 3.8) is 0 Å². The molecule has 1 unspecified atom stereocenters. The molecule has 0 bridgehead atoms. The van der Waals surface area contributed by atoms with Crippen LogP contribution >= 0.6 is 0 Å². The van der Waals surface area contributed by atoms with Gasteiger partial charge in [0.1, 0.15) is 0 Å². The first-order valence-electron chi connectivity index (χ1n) is 5.80. The van der Waals surface area contributed by atoms with Gasteiger partial charge in [-0.3, -0.25) is 0 Å². The lowest BCUT2D eigenvalue weighted by molar-refractivity contribution is 0.0680. The molecule has 1 atom stereocenters. The van der Waals surface area contributed by atoms with Gasteiger partial charge in [0.05, 0.1) is 0 Å². The van der Waals surface area contributed by atoms with Crippen LogP contribution in [0, 0.1) is 11.8 Å². The second kappa shape index (κ2) is 6.34. The molecular formula is C11H19N3O3. The van der Waals surface area contributed by atoms with Gasteiger partial charge in [-0.2, -0.15) is 4.98 Å². The van der Waals surface area contributed by atoms with Crippen LogP contribution in [-0.2, 0) is 6.42 Å². The first-order valence-corrected chi connectivity index (χ1v) is 5.80. The summed E-state index contributed by atoms with van der Waals surface area (Å²) in [4.78, 5) is 14.4. The summed E-state index contributed by atoms with van der Waals surface area (Å²) in [6, 6.07) is 0. The Morgan fingerprint density at radius 1 is 1.47 bits per heavy atom. The minimum atomic E-state index is -1.16. The number of carboxylic acids is 1. The molecule has 1 aromatic rings. The Kier molecular flexibility index (Phi) is 5.09. The third-order valence-electron chi connectivity index (χ3n) is 2.87. The molecule has 1 heterocycles. The summed E-state index contributed by atoms with van der Waals surface area (Å²) in [5.41, 5.74) is 5.55. The van der Waals surface area contributed by atoms with Crippen molar-refractivity contribution >= 4 is 5.97 Å². The van der Waals surface area contributed by atoms with E-state index >= 15 is 0 Å². The third-order valence-corrected chi connectivity index (χ3v) is 2.87. The van der Waals surface area contributed by atoms with Crippen LogP contribution in [0.1, 0.15) is 43.2 Å². The van der Waals surface area contributed by atoms with Crippen LogP contribution in [0.4, 0.5) is 0 Å². The van der Waals surface area contributed by atoms with Crippen molar-refractivity contribution in [1.29, 1.82) is 0 Å². The Morgan fingerprint density at radius 2 is 2.18 bits per heavy atom. The van der Waals surface area contributed by atoms with Crippen molar-refractivity contribution in [1.82, 2.24) is 10.1 Å². The zero-order valence-corrected chi connectivity index (χ0v) is 10.2. The largest absolute Gasteiger partial charge is 0.475 e. The van der Waals surface area contributed by atoms with Crippen LogP contribution in [0.3, 0.4) is 0 Å². The Labute approximate surface area is 100 Å². The molecule has 0 aliphatic carbocycles. The van der Waals surface area contributed by atoms with E-state index in [0.29, 0.717) is 30.7 Å². The highest BCUT2D eigenvalue weighted by molar-refractivity contribution is 5.82. The van der Waals surface area contributed by atoms with Crippen molar-refractivity contribution in [2.45, 2.75) is 33.1 Å². The van der Waals surface area contributed by atoms with Crippen molar-refractivity contribution < 1.29 is 14.4 Å². The molecule has 1 aromatic heterocycles. The molecule has 0 aliphatic rings. The lowest BCUT2D eigenvalue weighted by Crippen LogP contribution is -2.15. The highest BCUT2D eigenvalue weighted by Crippen LogP contribution is 2.20. The smallest absolute Gasteiger partial charge is 0.377 e. The predicted molar refractivity (Wildman–Crippen MR) is 61.6 cm³/mol. The minimum Gasteiger partial charge on any atom is -0.475 e. The van der Waals surface area contributed by atoms with Gasteiger partial charge in [-0.15, -0.1) is 0 Å². The zero-order valence-electron chi connectivity index (χ0n) is 10.2. The molecule has 96 valence electrons. The van der Waals surface area contributed by atoms with Crippen LogP contribution in [-0.4, -0.2) is 27.8 Å². The quantitative estimate of drug-likeness (QED) is 0.746. The van der Waals surface area contributed by atoms with Crippen LogP contribution in [0.5, 0.6) is 0 Å². The van der Waals surface area contributed by atoms with Gasteiger partial charge in [0.2, 0.25) is 5.89 Å². The number of nitrogens with two attached hydrogens (primary N) is 1. The van der Waals surface area contributed by atoms with Crippen LogP contribution in [0.2, 0.25) is 0 Å². The number of carboxylic acid groups (broad SMARTS) is 1. The van der Waals surface area contributed by atoms with Gasteiger partial charge in [-0.25, -0.2) is 4.79 Å². The van der Waals surface area contributed by atoms with Crippen molar-refractivity contribution in [2.24, 2.45) is 17.6 Å². The number of nitrogens with zero attached hydrogens (tertiary/aromatic N) is 2. The van der Waals surface area contributed by atoms with E-state index in [9.17, 15) is 4.79 Å². The Morgan fingerprint density at radius 3 is 2.65 bits per heavy atom. The number of aromatic carboxylic acids is 1. The van der Waals surface area contributed by atoms with Crippen molar-refractivity contribution in [3.8, 4) is 0 Å². The normalized spacial score (nSPS) is 12.9. The van der Waals surface area contributed by atoms with E-state index < -0.39 is 5.97 Å². The van der Waals surface area contributed by atoms with Crippen molar-refractivity contribution in [3.05, 3.63) is 11.7 Å². The molecule has 0 fully saturated rings. The van der Waals surface area contributed by atoms with Crippen LogP contribution in [0.15, 0.2) is 4.52 Å². The van der Waals surface area contributed by atoms with E-state index in [-0.39, 0.29) is 5.82 Å². The summed E-state index contributed by atoms with van der Waals surface area (Å²) in [6.07, 6.45) is 2.44. The molecule has 0 amide bonds. The van der Waals surface area contributed by atoms with E-state index in [2.05, 4.69) is 24.0 Å². The van der Waals surface area contributed by atoms with Gasteiger partial charge in [-0.1, -0.05) is 13.8 Å². The monoisotopic (exact) mass is 241 g/mol. The SMILES string of the molecule is CC(C)C(CCN)CCc1nc(C(=O)O)no1. The summed E-state index contributed by atoms with van der Waals surface area (Å²) in [5, 5.41) is 12.0. The summed E-state index contributed by atoms with van der Waals surface area (Å²) in [7, 11) is 0. The van der Waals surface area contributed by atoms with Gasteiger partial charge >= 0.3 is 5.97 Å². The van der Waals surface area contributed by atoms with E-state index in [1.807, 2.05) is 0 Å². The van der Waals surface area contributed by atoms with E-state index in [1.165, 1.54) is 0 Å². The maximum absolute atomic E-state index is 10.6. The molecule has 17 heavy (non-hydrogen) atoms. The standard InChI is InChI=1S/C11H19N3O3/c1-7(2)8(5-6-12)3-4-9-13-10(11(15)16)14-17-9/h7-8H,3-6,12H2,1-2H3,(H,15,16). The summed E-state index contributed by atoms with van der Waals surface area (Å²) in [6.45, 7) is 4.96. The summed E-state index contributed by atoms with van der Waals surface area (Å²) in [5.74, 6) is -0.0204. The molecule has 0 aliphatic heterocycles. The molecule has 0 radical (unpaired) electrons. The molecule has 6 nitrogen and oxygen atoms in total. The third kappa shape index (κ3) is 4.14. The van der Waals surface area contributed by atoms with E-state index in [4.69, 9.17) is 15.4 Å². The van der Waals surface area contributed by atoms with Crippen molar-refractivity contribution in [2.75, 3.05) is 6.54 Å². The fourth-order valence-electron chi connectivity index (χ4n) is 1.78. The predicted octanol–water partition coefficient (Wildman–Crippen LogP) is 1.32. The van der Waals surface area contributed by atoms with E-state index in [0.717, 1.165) is 12.8 Å². The summed E-state index contributed by atoms with van der Waals surface area (Å²) < 4.78 is 4.86. The number of aryl methyl sites for hydroxylation is 1. The second-order valence-corrected chi connectivity index (χ2v) is 4.44. The number of hydrogen-bond acceptors (Lipinski definition) is 5. The van der Waals surface area contributed by atoms with E-state index in [1.54, 1.807) is 0 Å². The summed E-state index contributed by atoms with van der Waals surface area (Å²) >= 11 is 0. The maximum atomic E-state index is 10.6.